The number of anilines is 1. The van der Waals surface area contributed by atoms with Crippen LogP contribution >= 0.6 is 0 Å². The molecule has 166 valence electrons. The summed E-state index contributed by atoms with van der Waals surface area (Å²) in [6.07, 6.45) is -4.66. The summed E-state index contributed by atoms with van der Waals surface area (Å²) in [5.41, 5.74) is -0.291. The van der Waals surface area contributed by atoms with E-state index in [2.05, 4.69) is 10.6 Å². The van der Waals surface area contributed by atoms with E-state index in [0.717, 1.165) is 24.3 Å². The number of carbonyl (C=O) groups is 2. The highest BCUT2D eigenvalue weighted by molar-refractivity contribution is 6.07. The number of rotatable bonds is 5. The molecule has 0 atom stereocenters. The molecule has 0 fully saturated rings. The summed E-state index contributed by atoms with van der Waals surface area (Å²) >= 11 is 0. The number of halogens is 4. The van der Waals surface area contributed by atoms with E-state index in [1.807, 2.05) is 0 Å². The van der Waals surface area contributed by atoms with Crippen molar-refractivity contribution in [3.63, 3.8) is 0 Å². The zero-order valence-electron chi connectivity index (χ0n) is 17.0. The Balaban J connectivity index is 1.97. The van der Waals surface area contributed by atoms with E-state index in [4.69, 9.17) is 4.74 Å². The Labute approximate surface area is 181 Å². The highest BCUT2D eigenvalue weighted by atomic mass is 19.4. The Morgan fingerprint density at radius 3 is 2.31 bits per heavy atom. The Kier molecular flexibility index (Phi) is 6.47. The maximum atomic E-state index is 13.4. The molecule has 0 aliphatic heterocycles. The lowest BCUT2D eigenvalue weighted by atomic mass is 10.1. The molecular weight excluding hydrogens is 428 g/mol. The van der Waals surface area contributed by atoms with Gasteiger partial charge < -0.3 is 15.4 Å². The van der Waals surface area contributed by atoms with Crippen molar-refractivity contribution in [3.05, 3.63) is 88.7 Å². The van der Waals surface area contributed by atoms with E-state index < -0.39 is 23.5 Å². The smallest absolute Gasteiger partial charge is 0.416 e. The van der Waals surface area contributed by atoms with Gasteiger partial charge in [-0.3, -0.25) is 9.59 Å². The highest BCUT2D eigenvalue weighted by Crippen LogP contribution is 2.36. The molecule has 9 heteroatoms. The van der Waals surface area contributed by atoms with Crippen molar-refractivity contribution in [2.75, 3.05) is 12.4 Å². The molecule has 3 aromatic carbocycles. The van der Waals surface area contributed by atoms with E-state index in [-0.39, 0.29) is 34.2 Å². The fraction of sp³-hybridized carbons (Fsp3) is 0.130. The summed E-state index contributed by atoms with van der Waals surface area (Å²) in [4.78, 5) is 24.6. The molecule has 0 unspecified atom stereocenters. The van der Waals surface area contributed by atoms with Gasteiger partial charge in [-0.25, -0.2) is 4.39 Å². The summed E-state index contributed by atoms with van der Waals surface area (Å²) < 4.78 is 58.6. The predicted octanol–water partition coefficient (Wildman–Crippen LogP) is 5.56. The van der Waals surface area contributed by atoms with E-state index in [0.29, 0.717) is 11.6 Å². The molecule has 0 saturated carbocycles. The van der Waals surface area contributed by atoms with Gasteiger partial charge in [0.2, 0.25) is 0 Å². The number of amides is 2. The lowest BCUT2D eigenvalue weighted by Gasteiger charge is -2.16. The van der Waals surface area contributed by atoms with E-state index >= 15 is 0 Å². The number of benzene rings is 3. The van der Waals surface area contributed by atoms with Crippen LogP contribution in [0.5, 0.6) is 11.5 Å². The largest absolute Gasteiger partial charge is 0.456 e. The molecule has 32 heavy (non-hydrogen) atoms. The van der Waals surface area contributed by atoms with Gasteiger partial charge >= 0.3 is 6.18 Å². The highest BCUT2D eigenvalue weighted by Gasteiger charge is 2.32. The van der Waals surface area contributed by atoms with Crippen molar-refractivity contribution in [3.8, 4) is 11.5 Å². The molecule has 0 saturated heterocycles. The van der Waals surface area contributed by atoms with Crippen molar-refractivity contribution in [1.29, 1.82) is 0 Å². The lowest BCUT2D eigenvalue weighted by Crippen LogP contribution is -2.18. The van der Waals surface area contributed by atoms with Crippen molar-refractivity contribution in [1.82, 2.24) is 5.32 Å². The second-order valence-electron chi connectivity index (χ2n) is 6.83. The van der Waals surface area contributed by atoms with Gasteiger partial charge in [0.05, 0.1) is 11.1 Å². The van der Waals surface area contributed by atoms with Crippen LogP contribution in [0.1, 0.15) is 31.8 Å². The SMILES string of the molecule is CNC(=O)c1cccc(NC(=O)c2ccc(C(F)(F)F)cc2Oc2ccc(F)cc2C)c1. The van der Waals surface area contributed by atoms with E-state index in [9.17, 15) is 27.2 Å². The number of alkyl halides is 3. The Morgan fingerprint density at radius 1 is 0.906 bits per heavy atom. The molecule has 2 N–H and O–H groups in total. The van der Waals surface area contributed by atoms with Gasteiger partial charge in [0.1, 0.15) is 17.3 Å². The van der Waals surface area contributed by atoms with Crippen LogP contribution in [0.3, 0.4) is 0 Å². The first-order valence-corrected chi connectivity index (χ1v) is 9.37. The monoisotopic (exact) mass is 446 g/mol. The van der Waals surface area contributed by atoms with Gasteiger partial charge in [-0.05, 0) is 67.1 Å². The maximum absolute atomic E-state index is 13.4. The Morgan fingerprint density at radius 2 is 1.66 bits per heavy atom. The molecule has 3 aromatic rings. The Hall–Kier alpha value is -3.88. The fourth-order valence-corrected chi connectivity index (χ4v) is 2.90. The number of nitrogens with one attached hydrogen (secondary N) is 2. The van der Waals surface area contributed by atoms with Crippen LogP contribution < -0.4 is 15.4 Å². The quantitative estimate of drug-likeness (QED) is 0.505. The van der Waals surface area contributed by atoms with Crippen LogP contribution in [-0.4, -0.2) is 18.9 Å². The molecular formula is C23H18F4N2O3. The average Bonchev–Trinajstić information content (AvgIpc) is 2.74. The molecule has 5 nitrogen and oxygen atoms in total. The molecule has 0 aromatic heterocycles. The van der Waals surface area contributed by atoms with Gasteiger partial charge in [0.25, 0.3) is 11.8 Å². The summed E-state index contributed by atoms with van der Waals surface area (Å²) in [6.45, 7) is 1.52. The minimum absolute atomic E-state index is 0.0985. The predicted molar refractivity (Wildman–Crippen MR) is 110 cm³/mol. The molecule has 0 heterocycles. The molecule has 0 aliphatic rings. The first-order valence-electron chi connectivity index (χ1n) is 9.37. The molecule has 0 spiro atoms. The van der Waals surface area contributed by atoms with Gasteiger partial charge in [-0.15, -0.1) is 0 Å². The number of hydrogen-bond donors (Lipinski definition) is 2. The third kappa shape index (κ3) is 5.23. The van der Waals surface area contributed by atoms with Crippen molar-refractivity contribution in [2.24, 2.45) is 0 Å². The lowest BCUT2D eigenvalue weighted by molar-refractivity contribution is -0.137. The van der Waals surface area contributed by atoms with Crippen LogP contribution in [0.25, 0.3) is 0 Å². The molecule has 0 aliphatic carbocycles. The average molecular weight is 446 g/mol. The van der Waals surface area contributed by atoms with Crippen LogP contribution in [0, 0.1) is 12.7 Å². The van der Waals surface area contributed by atoms with Crippen LogP contribution in [-0.2, 0) is 6.18 Å². The van der Waals surface area contributed by atoms with Gasteiger partial charge in [0, 0.05) is 18.3 Å². The zero-order chi connectivity index (χ0) is 23.5. The summed E-state index contributed by atoms with van der Waals surface area (Å²) in [7, 11) is 1.46. The number of ether oxygens (including phenoxy) is 1. The van der Waals surface area contributed by atoms with Crippen molar-refractivity contribution >= 4 is 17.5 Å². The van der Waals surface area contributed by atoms with E-state index in [1.54, 1.807) is 12.1 Å². The third-order valence-electron chi connectivity index (χ3n) is 4.52. The second kappa shape index (κ2) is 9.09. The minimum atomic E-state index is -4.66. The summed E-state index contributed by atoms with van der Waals surface area (Å²) in [5, 5.41) is 5.00. The van der Waals surface area contributed by atoms with Crippen LogP contribution in [0.15, 0.2) is 60.7 Å². The number of aryl methyl sites for hydroxylation is 1. The second-order valence-corrected chi connectivity index (χ2v) is 6.83. The zero-order valence-corrected chi connectivity index (χ0v) is 17.0. The standard InChI is InChI=1S/C23H18F4N2O3/c1-13-10-16(24)7-9-19(13)32-20-12-15(23(25,26)27)6-8-18(20)22(31)29-17-5-3-4-14(11-17)21(30)28-2/h3-12H,1-2H3,(H,28,30)(H,29,31). The van der Waals surface area contributed by atoms with Crippen molar-refractivity contribution < 1.29 is 31.9 Å². The third-order valence-corrected chi connectivity index (χ3v) is 4.52. The van der Waals surface area contributed by atoms with Gasteiger partial charge in [-0.2, -0.15) is 13.2 Å². The van der Waals surface area contributed by atoms with Crippen LogP contribution in [0.2, 0.25) is 0 Å². The maximum Gasteiger partial charge on any atom is 0.416 e. The fourth-order valence-electron chi connectivity index (χ4n) is 2.90. The first-order chi connectivity index (χ1) is 15.1. The van der Waals surface area contributed by atoms with Gasteiger partial charge in [0.15, 0.2) is 0 Å². The van der Waals surface area contributed by atoms with Gasteiger partial charge in [-0.1, -0.05) is 6.07 Å². The molecule has 0 radical (unpaired) electrons. The first kappa shape index (κ1) is 22.8. The minimum Gasteiger partial charge on any atom is -0.456 e. The number of carbonyl (C=O) groups excluding carboxylic acids is 2. The van der Waals surface area contributed by atoms with E-state index in [1.165, 1.54) is 32.2 Å². The summed E-state index contributed by atoms with van der Waals surface area (Å²) in [5.74, 6) is -1.90. The molecule has 0 bridgehead atoms. The topological polar surface area (TPSA) is 67.4 Å². The summed E-state index contributed by atoms with van der Waals surface area (Å²) in [6, 6.07) is 12.0. The number of hydrogen-bond acceptors (Lipinski definition) is 3. The normalized spacial score (nSPS) is 11.1. The molecule has 3 rings (SSSR count). The Bertz CT molecular complexity index is 1180. The van der Waals surface area contributed by atoms with Crippen LogP contribution in [0.4, 0.5) is 23.2 Å². The molecule has 2 amide bonds. The van der Waals surface area contributed by atoms with Crippen molar-refractivity contribution in [2.45, 2.75) is 13.1 Å².